The van der Waals surface area contributed by atoms with Crippen LogP contribution in [0.5, 0.6) is 0 Å². The van der Waals surface area contributed by atoms with Crippen molar-refractivity contribution in [2.24, 2.45) is 0 Å². The Bertz CT molecular complexity index is 81.0. The molecule has 1 rings (SSSR count). The molecule has 1 aliphatic heterocycles. The molecule has 0 aromatic carbocycles. The van der Waals surface area contributed by atoms with Crippen molar-refractivity contribution < 1.29 is 21.5 Å². The number of rotatable bonds is 1. The maximum absolute atomic E-state index is 2.57. The second-order valence-electron chi connectivity index (χ2n) is 3.06. The second kappa shape index (κ2) is 2.14. The molecule has 0 atom stereocenters. The van der Waals surface area contributed by atoms with Gasteiger partial charge in [-0.15, -0.1) is 0 Å². The van der Waals surface area contributed by atoms with Crippen LogP contribution in [0.15, 0.2) is 0 Å². The monoisotopic (exact) mass is 226 g/mol. The van der Waals surface area contributed by atoms with Crippen LogP contribution in [0, 0.1) is 0 Å². The third kappa shape index (κ3) is 2.87. The van der Waals surface area contributed by atoms with Gasteiger partial charge < -0.3 is 0 Å². The summed E-state index contributed by atoms with van der Waals surface area (Å²) in [5.41, 5.74) is 0. The molecule has 2 heteroatoms. The molecule has 1 heterocycles. The molecule has 0 unspecified atom stereocenters. The predicted octanol–water partition coefficient (Wildman–Crippen LogP) is -1.90. The second-order valence-corrected chi connectivity index (χ2v) is 8.14. The van der Waals surface area contributed by atoms with Crippen LogP contribution in [-0.4, -0.2) is 19.6 Å². The molecule has 0 aliphatic carbocycles. The zero-order chi connectivity index (χ0) is 6.20. The molecule has 0 radical (unpaired) electrons. The van der Waals surface area contributed by atoms with Crippen LogP contribution in [0.25, 0.3) is 0 Å². The van der Waals surface area contributed by atoms with E-state index in [0.717, 1.165) is 0 Å². The molecule has 1 fully saturated rings. The zero-order valence-corrected chi connectivity index (χ0v) is 7.90. The van der Waals surface area contributed by atoms with E-state index >= 15 is 0 Å². The minimum atomic E-state index is 0.366. The average Bonchev–Trinajstić information content (AvgIpc) is 2.12. The van der Waals surface area contributed by atoms with Crippen molar-refractivity contribution in [3.8, 4) is 0 Å². The van der Waals surface area contributed by atoms with Gasteiger partial charge in [-0.1, -0.05) is 0 Å². The summed E-state index contributed by atoms with van der Waals surface area (Å²) in [5.74, 6) is 0. The molecular weight excluding hydrogens is 213 g/mol. The van der Waals surface area contributed by atoms with Gasteiger partial charge in [-0.25, -0.2) is 0 Å². The first-order valence-electron chi connectivity index (χ1n) is 2.99. The summed E-state index contributed by atoms with van der Waals surface area (Å²) in [6.07, 6.45) is 0. The molecule has 50 valence electrons. The standard InChI is InChI=1S/C6H13IN/c1-6(2,3)7-8-4-5-8/h4-5H2,1-3H3/q-1. The number of hydrogen-bond donors (Lipinski definition) is 0. The van der Waals surface area contributed by atoms with Crippen LogP contribution in [0.1, 0.15) is 20.8 Å². The number of alkyl halides is 1. The van der Waals surface area contributed by atoms with E-state index in [2.05, 4.69) is 23.9 Å². The van der Waals surface area contributed by atoms with Gasteiger partial charge in [0.2, 0.25) is 0 Å². The summed E-state index contributed by atoms with van der Waals surface area (Å²) in [6, 6.07) is 0. The first-order chi connectivity index (χ1) is 3.58. The molecule has 1 aliphatic rings. The fourth-order valence-electron chi connectivity index (χ4n) is 0.481. The predicted molar refractivity (Wildman–Crippen MR) is 31.3 cm³/mol. The normalized spacial score (nSPS) is 21.9. The minimum absolute atomic E-state index is 0.366. The van der Waals surface area contributed by atoms with Crippen LogP contribution >= 0.6 is 0 Å². The van der Waals surface area contributed by atoms with Gasteiger partial charge in [0.05, 0.1) is 0 Å². The maximum atomic E-state index is 2.57. The van der Waals surface area contributed by atoms with E-state index < -0.39 is 0 Å². The van der Waals surface area contributed by atoms with Gasteiger partial charge in [0.15, 0.2) is 0 Å². The molecule has 1 saturated heterocycles. The number of halogens is 1. The Labute approximate surface area is 62.1 Å². The molecule has 8 heavy (non-hydrogen) atoms. The van der Waals surface area contributed by atoms with E-state index in [1.807, 2.05) is 0 Å². The van der Waals surface area contributed by atoms with Gasteiger partial charge in [0, 0.05) is 0 Å². The van der Waals surface area contributed by atoms with Crippen molar-refractivity contribution in [2.75, 3.05) is 13.1 Å². The molecule has 0 aromatic rings. The van der Waals surface area contributed by atoms with E-state index in [-0.39, 0.29) is 0 Å². The Morgan fingerprint density at radius 1 is 1.25 bits per heavy atom. The van der Waals surface area contributed by atoms with Gasteiger partial charge in [-0.05, 0) is 0 Å². The Hall–Kier alpha value is 0.690. The SMILES string of the molecule is CC(C)(C)[I-]N1CC1. The van der Waals surface area contributed by atoms with Crippen molar-refractivity contribution in [2.45, 2.75) is 24.2 Å². The average molecular weight is 226 g/mol. The van der Waals surface area contributed by atoms with Gasteiger partial charge in [0.1, 0.15) is 0 Å². The number of nitrogens with zero attached hydrogens (tertiary/aromatic N) is 1. The topological polar surface area (TPSA) is 3.01 Å². The van der Waals surface area contributed by atoms with Gasteiger partial charge in [-0.3, -0.25) is 0 Å². The summed E-state index contributed by atoms with van der Waals surface area (Å²) in [4.78, 5) is 0. The summed E-state index contributed by atoms with van der Waals surface area (Å²) in [6.45, 7) is 9.75. The van der Waals surface area contributed by atoms with Crippen LogP contribution in [0.4, 0.5) is 0 Å². The van der Waals surface area contributed by atoms with E-state index in [1.165, 1.54) is 13.1 Å². The third-order valence-electron chi connectivity index (χ3n) is 0.766. The summed E-state index contributed by atoms with van der Waals surface area (Å²) in [7, 11) is 0. The summed E-state index contributed by atoms with van der Waals surface area (Å²) in [5, 5.41) is 0. The zero-order valence-electron chi connectivity index (χ0n) is 5.74. The number of hydrogen-bond acceptors (Lipinski definition) is 1. The first kappa shape index (κ1) is 6.81. The Morgan fingerprint density at radius 3 is 1.88 bits per heavy atom. The van der Waals surface area contributed by atoms with Gasteiger partial charge >= 0.3 is 61.9 Å². The molecule has 0 saturated carbocycles. The van der Waals surface area contributed by atoms with Crippen LogP contribution in [0.2, 0.25) is 0 Å². The molecule has 0 spiro atoms. The van der Waals surface area contributed by atoms with E-state index in [1.54, 1.807) is 0 Å². The summed E-state index contributed by atoms with van der Waals surface area (Å²) < 4.78 is 3.19. The quantitative estimate of drug-likeness (QED) is 0.218. The molecule has 0 bridgehead atoms. The molecule has 0 amide bonds. The van der Waals surface area contributed by atoms with Crippen molar-refractivity contribution in [3.63, 3.8) is 0 Å². The Morgan fingerprint density at radius 2 is 1.75 bits per heavy atom. The van der Waals surface area contributed by atoms with Gasteiger partial charge in [0.25, 0.3) is 0 Å². The van der Waals surface area contributed by atoms with E-state index in [9.17, 15) is 0 Å². The van der Waals surface area contributed by atoms with Crippen LogP contribution in [-0.2, 0) is 0 Å². The Kier molecular flexibility index (Phi) is 1.82. The molecule has 0 aromatic heterocycles. The molecule has 0 N–H and O–H groups in total. The van der Waals surface area contributed by atoms with Crippen molar-refractivity contribution in [1.82, 2.24) is 3.11 Å². The van der Waals surface area contributed by atoms with Gasteiger partial charge in [-0.2, -0.15) is 0 Å². The fourth-order valence-corrected chi connectivity index (χ4v) is 3.23. The first-order valence-corrected chi connectivity index (χ1v) is 5.03. The Balaban J connectivity index is 2.16. The van der Waals surface area contributed by atoms with Crippen LogP contribution in [0.3, 0.4) is 0 Å². The van der Waals surface area contributed by atoms with E-state index in [4.69, 9.17) is 0 Å². The van der Waals surface area contributed by atoms with Crippen molar-refractivity contribution in [3.05, 3.63) is 0 Å². The fraction of sp³-hybridized carbons (Fsp3) is 1.00. The summed E-state index contributed by atoms with van der Waals surface area (Å²) >= 11 is 0.366. The van der Waals surface area contributed by atoms with Crippen LogP contribution < -0.4 is 21.5 Å². The molecular formula is C6H13IN-. The van der Waals surface area contributed by atoms with Crippen molar-refractivity contribution >= 4 is 0 Å². The van der Waals surface area contributed by atoms with Crippen molar-refractivity contribution in [1.29, 1.82) is 0 Å². The van der Waals surface area contributed by atoms with E-state index in [0.29, 0.717) is 24.9 Å². The third-order valence-corrected chi connectivity index (χ3v) is 3.86. The molecule has 1 nitrogen and oxygen atoms in total.